The number of hydrogen-bond acceptors (Lipinski definition) is 6. The number of hydrogen-bond donors (Lipinski definition) is 0. The van der Waals surface area contributed by atoms with Gasteiger partial charge in [0.1, 0.15) is 29.1 Å². The summed E-state index contributed by atoms with van der Waals surface area (Å²) in [5, 5.41) is 5.49. The molecule has 3 aromatic rings. The maximum atomic E-state index is 4.82. The summed E-state index contributed by atoms with van der Waals surface area (Å²) < 4.78 is 1.94. The first-order valence-electron chi connectivity index (χ1n) is 8.43. The fourth-order valence-electron chi connectivity index (χ4n) is 3.56. The summed E-state index contributed by atoms with van der Waals surface area (Å²) >= 11 is 1.78. The normalized spacial score (nSPS) is 18.5. The minimum Gasteiger partial charge on any atom is -0.356 e. The van der Waals surface area contributed by atoms with Crippen molar-refractivity contribution < 1.29 is 0 Å². The standard InChI is InChI=1S/C17H22N6S/c1-11-12(2)24-17-15(11)16(20-13(3)21-17)22-6-4-5-14(7-22)8-23-10-18-9-19-23/h9-10,14H,4-8H2,1-3H3. The highest BCUT2D eigenvalue weighted by atomic mass is 32.1. The van der Waals surface area contributed by atoms with Crippen LogP contribution in [0.2, 0.25) is 0 Å². The van der Waals surface area contributed by atoms with Gasteiger partial charge in [0.25, 0.3) is 0 Å². The molecular weight excluding hydrogens is 320 g/mol. The van der Waals surface area contributed by atoms with E-state index < -0.39 is 0 Å². The van der Waals surface area contributed by atoms with Gasteiger partial charge in [0.05, 0.1) is 5.39 Å². The Hall–Kier alpha value is -2.02. The second-order valence-electron chi connectivity index (χ2n) is 6.63. The third kappa shape index (κ3) is 2.77. The number of piperidine rings is 1. The van der Waals surface area contributed by atoms with E-state index >= 15 is 0 Å². The molecule has 4 rings (SSSR count). The zero-order valence-corrected chi connectivity index (χ0v) is 15.2. The van der Waals surface area contributed by atoms with Gasteiger partial charge in [-0.1, -0.05) is 0 Å². The molecule has 3 aromatic heterocycles. The number of anilines is 1. The Bertz CT molecular complexity index is 854. The lowest BCUT2D eigenvalue weighted by Crippen LogP contribution is -2.38. The van der Waals surface area contributed by atoms with Crippen molar-refractivity contribution in [2.24, 2.45) is 5.92 Å². The van der Waals surface area contributed by atoms with Crippen molar-refractivity contribution in [3.05, 3.63) is 28.9 Å². The smallest absolute Gasteiger partial charge is 0.141 e. The fraction of sp³-hybridized carbons (Fsp3) is 0.529. The molecule has 24 heavy (non-hydrogen) atoms. The second kappa shape index (κ2) is 6.12. The van der Waals surface area contributed by atoms with Crippen LogP contribution in [-0.2, 0) is 6.54 Å². The van der Waals surface area contributed by atoms with Crippen LogP contribution in [0.5, 0.6) is 0 Å². The van der Waals surface area contributed by atoms with Crippen LogP contribution in [-0.4, -0.2) is 37.8 Å². The number of aryl methyl sites for hydroxylation is 3. The average molecular weight is 342 g/mol. The molecule has 0 spiro atoms. The van der Waals surface area contributed by atoms with E-state index in [1.807, 2.05) is 11.6 Å². The molecule has 1 atom stereocenters. The Morgan fingerprint density at radius 3 is 2.92 bits per heavy atom. The molecular formula is C17H22N6S. The van der Waals surface area contributed by atoms with E-state index in [9.17, 15) is 0 Å². The topological polar surface area (TPSA) is 59.7 Å². The molecule has 1 aliphatic heterocycles. The summed E-state index contributed by atoms with van der Waals surface area (Å²) in [5.74, 6) is 2.55. The van der Waals surface area contributed by atoms with Crippen molar-refractivity contribution in [3.8, 4) is 0 Å². The van der Waals surface area contributed by atoms with Gasteiger partial charge in [0.15, 0.2) is 0 Å². The third-order valence-corrected chi connectivity index (χ3v) is 5.95. The average Bonchev–Trinajstić information content (AvgIpc) is 3.16. The summed E-state index contributed by atoms with van der Waals surface area (Å²) in [6.07, 6.45) is 5.82. The molecule has 0 saturated carbocycles. The minimum atomic E-state index is 0.575. The van der Waals surface area contributed by atoms with Crippen molar-refractivity contribution >= 4 is 27.4 Å². The molecule has 126 valence electrons. The van der Waals surface area contributed by atoms with Crippen molar-refractivity contribution in [1.29, 1.82) is 0 Å². The van der Waals surface area contributed by atoms with Crippen molar-refractivity contribution in [3.63, 3.8) is 0 Å². The minimum absolute atomic E-state index is 0.575. The van der Waals surface area contributed by atoms with E-state index in [0.29, 0.717) is 5.92 Å². The Kier molecular flexibility index (Phi) is 3.96. The molecule has 1 saturated heterocycles. The molecule has 0 amide bonds. The van der Waals surface area contributed by atoms with E-state index in [0.717, 1.165) is 36.1 Å². The molecule has 0 aliphatic carbocycles. The van der Waals surface area contributed by atoms with Crippen LogP contribution in [0.15, 0.2) is 12.7 Å². The number of fused-ring (bicyclic) bond motifs is 1. The SMILES string of the molecule is Cc1nc(N2CCCC(Cn3cncn3)C2)c2c(C)c(C)sc2n1. The molecule has 7 heteroatoms. The van der Waals surface area contributed by atoms with Crippen molar-refractivity contribution in [2.45, 2.75) is 40.2 Å². The molecule has 6 nitrogen and oxygen atoms in total. The Morgan fingerprint density at radius 1 is 1.25 bits per heavy atom. The van der Waals surface area contributed by atoms with Gasteiger partial charge < -0.3 is 4.90 Å². The first kappa shape index (κ1) is 15.5. The van der Waals surface area contributed by atoms with E-state index in [-0.39, 0.29) is 0 Å². The largest absolute Gasteiger partial charge is 0.356 e. The zero-order valence-electron chi connectivity index (χ0n) is 14.4. The molecule has 0 radical (unpaired) electrons. The molecule has 0 N–H and O–H groups in total. The van der Waals surface area contributed by atoms with Crippen LogP contribution >= 0.6 is 11.3 Å². The Balaban J connectivity index is 1.66. The molecule has 0 aromatic carbocycles. The highest BCUT2D eigenvalue weighted by Crippen LogP contribution is 2.36. The number of aromatic nitrogens is 5. The number of thiophene rings is 1. The summed E-state index contributed by atoms with van der Waals surface area (Å²) in [6.45, 7) is 9.35. The van der Waals surface area contributed by atoms with Gasteiger partial charge in [-0.15, -0.1) is 11.3 Å². The number of nitrogens with zero attached hydrogens (tertiary/aromatic N) is 6. The molecule has 1 fully saturated rings. The van der Waals surface area contributed by atoms with Crippen LogP contribution in [0.25, 0.3) is 10.2 Å². The Morgan fingerprint density at radius 2 is 2.12 bits per heavy atom. The van der Waals surface area contributed by atoms with Gasteiger partial charge in [-0.3, -0.25) is 4.68 Å². The lowest BCUT2D eigenvalue weighted by atomic mass is 9.97. The lowest BCUT2D eigenvalue weighted by molar-refractivity contribution is 0.350. The predicted octanol–water partition coefficient (Wildman–Crippen LogP) is 3.12. The summed E-state index contributed by atoms with van der Waals surface area (Å²) in [6, 6.07) is 0. The maximum Gasteiger partial charge on any atom is 0.141 e. The van der Waals surface area contributed by atoms with E-state index in [4.69, 9.17) is 4.98 Å². The first-order chi connectivity index (χ1) is 11.6. The Labute approximate surface area is 145 Å². The van der Waals surface area contributed by atoms with E-state index in [2.05, 4.69) is 33.8 Å². The number of rotatable bonds is 3. The summed E-state index contributed by atoms with van der Waals surface area (Å²) in [4.78, 5) is 18.4. The summed E-state index contributed by atoms with van der Waals surface area (Å²) in [5.41, 5.74) is 1.32. The van der Waals surface area contributed by atoms with Crippen molar-refractivity contribution in [2.75, 3.05) is 18.0 Å². The van der Waals surface area contributed by atoms with Gasteiger partial charge in [0.2, 0.25) is 0 Å². The van der Waals surface area contributed by atoms with Crippen LogP contribution in [0.1, 0.15) is 29.1 Å². The highest BCUT2D eigenvalue weighted by Gasteiger charge is 2.25. The van der Waals surface area contributed by atoms with Gasteiger partial charge in [-0.25, -0.2) is 15.0 Å². The van der Waals surface area contributed by atoms with Gasteiger partial charge in [-0.05, 0) is 45.1 Å². The molecule has 1 aliphatic rings. The van der Waals surface area contributed by atoms with Crippen LogP contribution < -0.4 is 4.90 Å². The van der Waals surface area contributed by atoms with Crippen LogP contribution in [0, 0.1) is 26.7 Å². The van der Waals surface area contributed by atoms with Crippen LogP contribution in [0.4, 0.5) is 5.82 Å². The maximum absolute atomic E-state index is 4.82. The lowest BCUT2D eigenvalue weighted by Gasteiger charge is -2.34. The summed E-state index contributed by atoms with van der Waals surface area (Å²) in [7, 11) is 0. The van der Waals surface area contributed by atoms with Gasteiger partial charge >= 0.3 is 0 Å². The van der Waals surface area contributed by atoms with Crippen LogP contribution in [0.3, 0.4) is 0 Å². The second-order valence-corrected chi connectivity index (χ2v) is 7.83. The first-order valence-corrected chi connectivity index (χ1v) is 9.25. The van der Waals surface area contributed by atoms with Gasteiger partial charge in [0, 0.05) is 24.5 Å². The molecule has 4 heterocycles. The quantitative estimate of drug-likeness (QED) is 0.732. The monoisotopic (exact) mass is 342 g/mol. The zero-order chi connectivity index (χ0) is 16.7. The highest BCUT2D eigenvalue weighted by molar-refractivity contribution is 7.18. The predicted molar refractivity (Wildman–Crippen MR) is 96.6 cm³/mol. The van der Waals surface area contributed by atoms with Gasteiger partial charge in [-0.2, -0.15) is 5.10 Å². The van der Waals surface area contributed by atoms with E-state index in [1.54, 1.807) is 24.0 Å². The third-order valence-electron chi connectivity index (χ3n) is 4.85. The fourth-order valence-corrected chi connectivity index (χ4v) is 4.63. The molecule has 0 bridgehead atoms. The molecule has 1 unspecified atom stereocenters. The van der Waals surface area contributed by atoms with Crippen molar-refractivity contribution in [1.82, 2.24) is 24.7 Å². The van der Waals surface area contributed by atoms with E-state index in [1.165, 1.54) is 28.7 Å².